The van der Waals surface area contributed by atoms with Gasteiger partial charge >= 0.3 is 0 Å². The van der Waals surface area contributed by atoms with Crippen LogP contribution in [0.25, 0.3) is 59.8 Å². The van der Waals surface area contributed by atoms with E-state index in [9.17, 15) is 0 Å². The molecule has 3 heteroatoms. The van der Waals surface area contributed by atoms with E-state index in [1.54, 1.807) is 0 Å². The van der Waals surface area contributed by atoms with E-state index in [1.165, 1.54) is 65.5 Å². The van der Waals surface area contributed by atoms with Gasteiger partial charge in [0.25, 0.3) is 0 Å². The minimum Gasteiger partial charge on any atom is -0.375 e. The Morgan fingerprint density at radius 1 is 0.758 bits per heavy atom. The molecule has 7 rings (SSSR count). The van der Waals surface area contributed by atoms with Crippen LogP contribution in [0.15, 0.2) is 72.9 Å². The van der Waals surface area contributed by atoms with E-state index < -0.39 is 0 Å². The molecule has 0 aliphatic rings. The zero-order valence-corrected chi connectivity index (χ0v) is 19.3. The van der Waals surface area contributed by atoms with E-state index in [0.29, 0.717) is 5.92 Å². The van der Waals surface area contributed by atoms with Gasteiger partial charge in [0.05, 0.1) is 27.8 Å². The molecule has 0 spiro atoms. The van der Waals surface area contributed by atoms with Crippen LogP contribution < -0.4 is 4.90 Å². The topological polar surface area (TPSA) is 20.5 Å². The zero-order chi connectivity index (χ0) is 22.4. The van der Waals surface area contributed by atoms with E-state index in [4.69, 9.17) is 4.98 Å². The highest BCUT2D eigenvalue weighted by atomic mass is 15.1. The average molecular weight is 428 g/mol. The first-order chi connectivity index (χ1) is 16.1. The number of anilines is 1. The van der Waals surface area contributed by atoms with Crippen molar-refractivity contribution < 1.29 is 0 Å². The Kier molecular flexibility index (Phi) is 3.60. The molecule has 3 heterocycles. The number of hydrogen-bond acceptors (Lipinski definition) is 2. The Hall–Kier alpha value is -3.85. The molecule has 0 saturated carbocycles. The molecule has 0 fully saturated rings. The summed E-state index contributed by atoms with van der Waals surface area (Å²) in [7, 11) is 4.30. The van der Waals surface area contributed by atoms with Gasteiger partial charge in [-0.25, -0.2) is 0 Å². The van der Waals surface area contributed by atoms with Crippen LogP contribution in [0.3, 0.4) is 0 Å². The first kappa shape index (κ1) is 18.7. The van der Waals surface area contributed by atoms with E-state index in [1.807, 2.05) is 6.20 Å². The quantitative estimate of drug-likeness (QED) is 0.208. The van der Waals surface area contributed by atoms with Crippen LogP contribution in [0.5, 0.6) is 0 Å². The molecule has 0 N–H and O–H groups in total. The molecule has 7 aromatic rings. The van der Waals surface area contributed by atoms with Gasteiger partial charge in [-0.05, 0) is 46.5 Å². The lowest BCUT2D eigenvalue weighted by atomic mass is 9.92. The average Bonchev–Trinajstić information content (AvgIpc) is 3.17. The van der Waals surface area contributed by atoms with Crippen molar-refractivity contribution in [2.75, 3.05) is 19.0 Å². The summed E-state index contributed by atoms with van der Waals surface area (Å²) in [5.41, 5.74) is 7.53. The summed E-state index contributed by atoms with van der Waals surface area (Å²) in [5, 5.41) is 8.93. The fraction of sp³-hybridized carbons (Fsp3) is 0.167. The van der Waals surface area contributed by atoms with Gasteiger partial charge in [0, 0.05) is 47.2 Å². The molecule has 0 radical (unpaired) electrons. The molecule has 0 atom stereocenters. The third-order valence-corrected chi connectivity index (χ3v) is 7.24. The van der Waals surface area contributed by atoms with Crippen molar-refractivity contribution in [2.24, 2.45) is 0 Å². The summed E-state index contributed by atoms with van der Waals surface area (Å²) >= 11 is 0. The van der Waals surface area contributed by atoms with Crippen LogP contribution in [0.4, 0.5) is 5.69 Å². The lowest BCUT2D eigenvalue weighted by Crippen LogP contribution is -2.11. The molecule has 160 valence electrons. The molecule has 0 bridgehead atoms. The molecule has 0 aliphatic carbocycles. The van der Waals surface area contributed by atoms with Gasteiger partial charge in [-0.15, -0.1) is 0 Å². The summed E-state index contributed by atoms with van der Waals surface area (Å²) in [6, 6.07) is 24.5. The molecule has 0 amide bonds. The summed E-state index contributed by atoms with van der Waals surface area (Å²) in [4.78, 5) is 7.24. The number of benzene rings is 4. The maximum Gasteiger partial charge on any atom is 0.0823 e. The Balaban J connectivity index is 1.95. The van der Waals surface area contributed by atoms with Crippen LogP contribution in [-0.4, -0.2) is 23.5 Å². The maximum atomic E-state index is 4.98. The van der Waals surface area contributed by atoms with Gasteiger partial charge in [0.15, 0.2) is 0 Å². The molecule has 3 aromatic heterocycles. The zero-order valence-electron chi connectivity index (χ0n) is 19.3. The van der Waals surface area contributed by atoms with Crippen molar-refractivity contribution in [1.29, 1.82) is 0 Å². The molecular weight excluding hydrogens is 402 g/mol. The first-order valence-corrected chi connectivity index (χ1v) is 11.6. The Bertz CT molecular complexity index is 1870. The van der Waals surface area contributed by atoms with Gasteiger partial charge < -0.3 is 9.30 Å². The highest BCUT2D eigenvalue weighted by molar-refractivity contribution is 6.31. The number of rotatable bonds is 2. The van der Waals surface area contributed by atoms with Crippen molar-refractivity contribution >= 4 is 65.5 Å². The predicted molar refractivity (Wildman–Crippen MR) is 142 cm³/mol. The highest BCUT2D eigenvalue weighted by Crippen LogP contribution is 2.46. The molecule has 4 aromatic carbocycles. The number of hydrogen-bond donors (Lipinski definition) is 0. The Labute approximate surface area is 192 Å². The largest absolute Gasteiger partial charge is 0.375 e. The van der Waals surface area contributed by atoms with Crippen LogP contribution in [0, 0.1) is 0 Å². The lowest BCUT2D eigenvalue weighted by molar-refractivity contribution is 0.878. The van der Waals surface area contributed by atoms with Gasteiger partial charge in [0.2, 0.25) is 0 Å². The van der Waals surface area contributed by atoms with Crippen LogP contribution in [-0.2, 0) is 0 Å². The number of nitrogens with zero attached hydrogens (tertiary/aromatic N) is 3. The van der Waals surface area contributed by atoms with Crippen molar-refractivity contribution in [2.45, 2.75) is 19.8 Å². The molecular formula is C30H25N3. The first-order valence-electron chi connectivity index (χ1n) is 11.6. The third kappa shape index (κ3) is 2.27. The third-order valence-electron chi connectivity index (χ3n) is 7.24. The second-order valence-corrected chi connectivity index (χ2v) is 9.69. The Morgan fingerprint density at radius 3 is 2.30 bits per heavy atom. The van der Waals surface area contributed by atoms with Crippen LogP contribution in [0.1, 0.15) is 25.3 Å². The summed E-state index contributed by atoms with van der Waals surface area (Å²) in [6.07, 6.45) is 1.97. The smallest absolute Gasteiger partial charge is 0.0823 e. The second-order valence-electron chi connectivity index (χ2n) is 9.69. The predicted octanol–water partition coefficient (Wildman–Crippen LogP) is 7.73. The molecule has 33 heavy (non-hydrogen) atoms. The maximum absolute atomic E-state index is 4.98. The van der Waals surface area contributed by atoms with Crippen molar-refractivity contribution in [3.63, 3.8) is 0 Å². The fourth-order valence-corrected chi connectivity index (χ4v) is 5.92. The summed E-state index contributed by atoms with van der Waals surface area (Å²) in [5.74, 6) is 0.427. The number of aromatic nitrogens is 2. The van der Waals surface area contributed by atoms with Gasteiger partial charge in [-0.3, -0.25) is 4.98 Å². The van der Waals surface area contributed by atoms with Gasteiger partial charge in [0.1, 0.15) is 0 Å². The summed E-state index contributed by atoms with van der Waals surface area (Å²) in [6.45, 7) is 4.60. The number of fused-ring (bicyclic) bond motifs is 7. The standard InChI is InChI=1S/C30H25N3/c1-17(2)22-16-19-13-14-31-27-23-15-18-9-5-6-10-20(18)28(32(3)4)29(23)33-24-12-8-7-11-21(24)26(22)30(33)25(19)27/h5-17H,1-4H3. The van der Waals surface area contributed by atoms with Gasteiger partial charge in [-0.1, -0.05) is 56.3 Å². The molecule has 0 unspecified atom stereocenters. The monoisotopic (exact) mass is 427 g/mol. The van der Waals surface area contributed by atoms with Crippen LogP contribution in [0.2, 0.25) is 0 Å². The molecule has 3 nitrogen and oxygen atoms in total. The molecule has 0 saturated heterocycles. The van der Waals surface area contributed by atoms with Crippen molar-refractivity contribution in [3.05, 3.63) is 78.5 Å². The van der Waals surface area contributed by atoms with Crippen molar-refractivity contribution in [3.8, 4) is 0 Å². The SMILES string of the molecule is CC(C)c1cc2ccnc3c4cc5ccccc5c(N(C)C)c4n4c5ccccc5c1c4c23. The number of para-hydroxylation sites is 1. The summed E-state index contributed by atoms with van der Waals surface area (Å²) < 4.78 is 2.52. The second kappa shape index (κ2) is 6.35. The van der Waals surface area contributed by atoms with Crippen LogP contribution >= 0.6 is 0 Å². The molecule has 0 aliphatic heterocycles. The minimum absolute atomic E-state index is 0.427. The van der Waals surface area contributed by atoms with Crippen molar-refractivity contribution in [1.82, 2.24) is 9.38 Å². The van der Waals surface area contributed by atoms with E-state index in [0.717, 1.165) is 5.52 Å². The van der Waals surface area contributed by atoms with Gasteiger partial charge in [-0.2, -0.15) is 0 Å². The van der Waals surface area contributed by atoms with E-state index in [-0.39, 0.29) is 0 Å². The Morgan fingerprint density at radius 2 is 1.52 bits per heavy atom. The van der Waals surface area contributed by atoms with E-state index in [2.05, 4.69) is 104 Å². The number of pyridine rings is 2. The highest BCUT2D eigenvalue weighted by Gasteiger charge is 2.24. The fourth-order valence-electron chi connectivity index (χ4n) is 5.92. The normalized spacial score (nSPS) is 12.5. The minimum atomic E-state index is 0.427. The van der Waals surface area contributed by atoms with E-state index >= 15 is 0 Å². The lowest BCUT2D eigenvalue weighted by Gasteiger charge is -2.22.